The Morgan fingerprint density at radius 1 is 1.06 bits per heavy atom. The van der Waals surface area contributed by atoms with Crippen molar-refractivity contribution in [1.82, 2.24) is 0 Å². The van der Waals surface area contributed by atoms with Gasteiger partial charge in [0.15, 0.2) is 6.10 Å². The van der Waals surface area contributed by atoms with Crippen molar-refractivity contribution in [2.24, 2.45) is 0 Å². The zero-order valence-electron chi connectivity index (χ0n) is 17.2. The van der Waals surface area contributed by atoms with Crippen molar-refractivity contribution in [1.29, 1.82) is 0 Å². The van der Waals surface area contributed by atoms with Crippen LogP contribution in [0.5, 0.6) is 5.75 Å². The Hall–Kier alpha value is -3.12. The average Bonchev–Trinajstić information content (AvgIpc) is 2.78. The van der Waals surface area contributed by atoms with Crippen LogP contribution in [0, 0.1) is 0 Å². The van der Waals surface area contributed by atoms with Gasteiger partial charge in [0.1, 0.15) is 5.75 Å². The Balaban J connectivity index is 1.53. The molecule has 4 rings (SSSR count). The van der Waals surface area contributed by atoms with Crippen LogP contribution in [0.15, 0.2) is 77.3 Å². The molecule has 0 bridgehead atoms. The van der Waals surface area contributed by atoms with Gasteiger partial charge in [0, 0.05) is 16.7 Å². The first-order chi connectivity index (χ1) is 15.0. The topological polar surface area (TPSA) is 58.6 Å². The van der Waals surface area contributed by atoms with E-state index in [9.17, 15) is 9.59 Å². The van der Waals surface area contributed by atoms with Crippen LogP contribution in [0.25, 0.3) is 0 Å². The summed E-state index contributed by atoms with van der Waals surface area (Å²) < 4.78 is 6.51. The van der Waals surface area contributed by atoms with Gasteiger partial charge in [0.2, 0.25) is 0 Å². The predicted octanol–water partition coefficient (Wildman–Crippen LogP) is 5.45. The maximum absolute atomic E-state index is 12.8. The highest BCUT2D eigenvalue weighted by atomic mass is 79.9. The van der Waals surface area contributed by atoms with E-state index in [1.54, 1.807) is 36.1 Å². The van der Waals surface area contributed by atoms with Gasteiger partial charge in [-0.05, 0) is 71.6 Å². The van der Waals surface area contributed by atoms with Crippen molar-refractivity contribution in [3.63, 3.8) is 0 Å². The fourth-order valence-corrected chi connectivity index (χ4v) is 4.11. The van der Waals surface area contributed by atoms with Gasteiger partial charge in [-0.1, -0.05) is 42.5 Å². The molecule has 1 aliphatic rings. The highest BCUT2D eigenvalue weighted by Crippen LogP contribution is 2.36. The second kappa shape index (κ2) is 9.35. The lowest BCUT2D eigenvalue weighted by atomic mass is 10.1. The van der Waals surface area contributed by atoms with Gasteiger partial charge in [-0.15, -0.1) is 0 Å². The van der Waals surface area contributed by atoms with Gasteiger partial charge in [0.25, 0.3) is 11.8 Å². The molecule has 31 heavy (non-hydrogen) atoms. The summed E-state index contributed by atoms with van der Waals surface area (Å²) in [6.07, 6.45) is 1.17. The average molecular weight is 479 g/mol. The minimum atomic E-state index is -0.537. The number of hydrogen-bond donors (Lipinski definition) is 1. The molecule has 0 aliphatic carbocycles. The molecule has 3 aromatic carbocycles. The molecule has 3 aromatic rings. The summed E-state index contributed by atoms with van der Waals surface area (Å²) in [7, 11) is 0. The van der Waals surface area contributed by atoms with E-state index in [0.717, 1.165) is 17.3 Å². The zero-order chi connectivity index (χ0) is 21.8. The summed E-state index contributed by atoms with van der Waals surface area (Å²) in [5.41, 5.74) is 3.08. The molecule has 0 fully saturated rings. The molecule has 0 radical (unpaired) electrons. The van der Waals surface area contributed by atoms with Crippen LogP contribution in [0.2, 0.25) is 0 Å². The van der Waals surface area contributed by atoms with Crippen molar-refractivity contribution in [2.75, 3.05) is 16.8 Å². The molecule has 6 heteroatoms. The third-order valence-electron chi connectivity index (χ3n) is 5.23. The van der Waals surface area contributed by atoms with E-state index in [2.05, 4.69) is 33.4 Å². The number of anilines is 2. The maximum atomic E-state index is 12.8. The first kappa shape index (κ1) is 21.1. The van der Waals surface area contributed by atoms with E-state index < -0.39 is 6.10 Å². The number of rotatable bonds is 6. The molecule has 0 spiro atoms. The van der Waals surface area contributed by atoms with Crippen molar-refractivity contribution < 1.29 is 14.3 Å². The van der Waals surface area contributed by atoms with Crippen LogP contribution >= 0.6 is 15.9 Å². The molecular weight excluding hydrogens is 456 g/mol. The first-order valence-corrected chi connectivity index (χ1v) is 11.0. The van der Waals surface area contributed by atoms with Crippen molar-refractivity contribution in [3.05, 3.63) is 88.4 Å². The molecule has 2 amide bonds. The zero-order valence-corrected chi connectivity index (χ0v) is 18.8. The van der Waals surface area contributed by atoms with E-state index in [0.29, 0.717) is 29.2 Å². The van der Waals surface area contributed by atoms with E-state index in [-0.39, 0.29) is 11.8 Å². The van der Waals surface area contributed by atoms with Crippen molar-refractivity contribution >= 4 is 39.1 Å². The predicted molar refractivity (Wildman–Crippen MR) is 126 cm³/mol. The quantitative estimate of drug-likeness (QED) is 0.512. The SMILES string of the molecule is CC1Oc2ccc(NC(=O)c3ccccc3Br)cc2N(CCCc2ccccc2)C1=O. The summed E-state index contributed by atoms with van der Waals surface area (Å²) in [5, 5.41) is 2.92. The van der Waals surface area contributed by atoms with Gasteiger partial charge in [-0.3, -0.25) is 9.59 Å². The van der Waals surface area contributed by atoms with Crippen LogP contribution in [0.4, 0.5) is 11.4 Å². The van der Waals surface area contributed by atoms with E-state index in [4.69, 9.17) is 4.74 Å². The number of aryl methyl sites for hydroxylation is 1. The van der Waals surface area contributed by atoms with Gasteiger partial charge in [-0.25, -0.2) is 0 Å². The number of carbonyl (C=O) groups excluding carboxylic acids is 2. The van der Waals surface area contributed by atoms with Crippen LogP contribution in [-0.4, -0.2) is 24.5 Å². The molecule has 158 valence electrons. The first-order valence-electron chi connectivity index (χ1n) is 10.2. The number of nitrogens with one attached hydrogen (secondary N) is 1. The lowest BCUT2D eigenvalue weighted by Crippen LogP contribution is -2.45. The standard InChI is InChI=1S/C25H23BrN2O3/c1-17-25(30)28(15-7-10-18-8-3-2-4-9-18)22-16-19(13-14-23(22)31-17)27-24(29)20-11-5-6-12-21(20)26/h2-6,8-9,11-14,16-17H,7,10,15H2,1H3,(H,27,29). The van der Waals surface area contributed by atoms with Crippen LogP contribution in [0.3, 0.4) is 0 Å². The molecule has 1 aliphatic heterocycles. The largest absolute Gasteiger partial charge is 0.479 e. The Morgan fingerprint density at radius 2 is 1.81 bits per heavy atom. The summed E-state index contributed by atoms with van der Waals surface area (Å²) in [5.74, 6) is 0.347. The lowest BCUT2D eigenvalue weighted by Gasteiger charge is -2.33. The molecule has 0 saturated carbocycles. The number of fused-ring (bicyclic) bond motifs is 1. The minimum absolute atomic E-state index is 0.0742. The number of benzene rings is 3. The number of ether oxygens (including phenoxy) is 1. The second-order valence-electron chi connectivity index (χ2n) is 7.46. The van der Waals surface area contributed by atoms with E-state index >= 15 is 0 Å². The van der Waals surface area contributed by atoms with Crippen LogP contribution in [0.1, 0.15) is 29.3 Å². The Kier molecular flexibility index (Phi) is 6.37. The second-order valence-corrected chi connectivity index (χ2v) is 8.31. The number of hydrogen-bond acceptors (Lipinski definition) is 3. The molecule has 1 heterocycles. The normalized spacial score (nSPS) is 15.2. The summed E-state index contributed by atoms with van der Waals surface area (Å²) >= 11 is 3.41. The fourth-order valence-electron chi connectivity index (χ4n) is 3.65. The highest BCUT2D eigenvalue weighted by molar-refractivity contribution is 9.10. The number of carbonyl (C=O) groups is 2. The number of amides is 2. The molecule has 1 atom stereocenters. The molecule has 5 nitrogen and oxygen atoms in total. The fraction of sp³-hybridized carbons (Fsp3) is 0.200. The van der Waals surface area contributed by atoms with Gasteiger partial charge >= 0.3 is 0 Å². The third kappa shape index (κ3) is 4.80. The number of nitrogens with zero attached hydrogens (tertiary/aromatic N) is 1. The maximum Gasteiger partial charge on any atom is 0.267 e. The van der Waals surface area contributed by atoms with Crippen LogP contribution in [-0.2, 0) is 11.2 Å². The third-order valence-corrected chi connectivity index (χ3v) is 5.93. The summed E-state index contributed by atoms with van der Waals surface area (Å²) in [6.45, 7) is 2.34. The molecule has 0 saturated heterocycles. The van der Waals surface area contributed by atoms with Gasteiger partial charge < -0.3 is 15.0 Å². The van der Waals surface area contributed by atoms with E-state index in [1.807, 2.05) is 36.4 Å². The van der Waals surface area contributed by atoms with Gasteiger partial charge in [0.05, 0.1) is 11.3 Å². The smallest absolute Gasteiger partial charge is 0.267 e. The highest BCUT2D eigenvalue weighted by Gasteiger charge is 2.31. The monoisotopic (exact) mass is 478 g/mol. The van der Waals surface area contributed by atoms with Crippen molar-refractivity contribution in [2.45, 2.75) is 25.9 Å². The Bertz CT molecular complexity index is 1100. The summed E-state index contributed by atoms with van der Waals surface area (Å²) in [6, 6.07) is 22.9. The molecule has 1 unspecified atom stereocenters. The van der Waals surface area contributed by atoms with Crippen LogP contribution < -0.4 is 15.0 Å². The Labute approximate surface area is 190 Å². The molecule has 0 aromatic heterocycles. The lowest BCUT2D eigenvalue weighted by molar-refractivity contribution is -0.125. The summed E-state index contributed by atoms with van der Waals surface area (Å²) in [4.78, 5) is 27.3. The minimum Gasteiger partial charge on any atom is -0.479 e. The van der Waals surface area contributed by atoms with E-state index in [1.165, 1.54) is 5.56 Å². The Morgan fingerprint density at radius 3 is 2.58 bits per heavy atom. The molecule has 1 N–H and O–H groups in total. The molecular formula is C25H23BrN2O3. The number of halogens is 1. The van der Waals surface area contributed by atoms with Crippen molar-refractivity contribution in [3.8, 4) is 5.75 Å². The van der Waals surface area contributed by atoms with Gasteiger partial charge in [-0.2, -0.15) is 0 Å².